The fraction of sp³-hybridized carbons (Fsp3) is 0.429. The minimum Gasteiger partial charge on any atom is -0.331 e. The Morgan fingerprint density at radius 3 is 2.09 bits per heavy atom. The molecule has 0 aromatic heterocycles. The number of carbonyl (C=O) groups excluding carboxylic acids is 2. The van der Waals surface area contributed by atoms with E-state index in [0.717, 1.165) is 0 Å². The smallest absolute Gasteiger partial charge is 0.321 e. The molecular formula is C7H12N2O2. The van der Waals surface area contributed by atoms with E-state index in [2.05, 4.69) is 11.9 Å². The fourth-order valence-corrected chi connectivity index (χ4v) is 0.329. The summed E-state index contributed by atoms with van der Waals surface area (Å²) in [6.07, 6.45) is 0. The van der Waals surface area contributed by atoms with Gasteiger partial charge in [0.2, 0.25) is 0 Å². The quantitative estimate of drug-likeness (QED) is 0.587. The van der Waals surface area contributed by atoms with Gasteiger partial charge in [-0.3, -0.25) is 4.79 Å². The van der Waals surface area contributed by atoms with Crippen molar-refractivity contribution in [2.24, 2.45) is 0 Å². The Balaban J connectivity index is 3.96. The summed E-state index contributed by atoms with van der Waals surface area (Å²) in [6.45, 7) is 4.71. The highest BCUT2D eigenvalue weighted by Gasteiger charge is 2.06. The number of urea groups is 1. The van der Waals surface area contributed by atoms with Gasteiger partial charge in [-0.15, -0.1) is 0 Å². The van der Waals surface area contributed by atoms with E-state index >= 15 is 0 Å². The Labute approximate surface area is 65.9 Å². The van der Waals surface area contributed by atoms with Crippen LogP contribution in [0.3, 0.4) is 0 Å². The van der Waals surface area contributed by atoms with Gasteiger partial charge < -0.3 is 10.2 Å². The molecule has 1 N–H and O–H groups in total. The van der Waals surface area contributed by atoms with Gasteiger partial charge in [0.05, 0.1) is 5.70 Å². The number of hydrogen-bond donors (Lipinski definition) is 1. The molecule has 0 fully saturated rings. The molecule has 0 aliphatic rings. The van der Waals surface area contributed by atoms with E-state index in [1.165, 1.54) is 11.8 Å². The number of hydrogen-bond acceptors (Lipinski definition) is 2. The standard InChI is InChI=1S/C7H12N2O2/c1-5(6(2)10)8-7(11)9(3)4/h1H2,2-4H3,(H,8,11). The SMILES string of the molecule is C=C(NC(=O)N(C)C)C(C)=O. The number of ketones is 1. The molecule has 0 bridgehead atoms. The zero-order chi connectivity index (χ0) is 9.02. The summed E-state index contributed by atoms with van der Waals surface area (Å²) in [6, 6.07) is -0.342. The number of nitrogens with one attached hydrogen (secondary N) is 1. The summed E-state index contributed by atoms with van der Waals surface area (Å²) in [7, 11) is 3.17. The van der Waals surface area contributed by atoms with Crippen molar-refractivity contribution >= 4 is 11.8 Å². The molecule has 62 valence electrons. The Bertz CT molecular complexity index is 197. The summed E-state index contributed by atoms with van der Waals surface area (Å²) in [4.78, 5) is 22.8. The lowest BCUT2D eigenvalue weighted by Crippen LogP contribution is -2.35. The predicted molar refractivity (Wildman–Crippen MR) is 42.0 cm³/mol. The lowest BCUT2D eigenvalue weighted by atomic mass is 10.3. The average Bonchev–Trinajstić information content (AvgIpc) is 1.87. The zero-order valence-corrected chi connectivity index (χ0v) is 6.97. The summed E-state index contributed by atoms with van der Waals surface area (Å²) >= 11 is 0. The van der Waals surface area contributed by atoms with Crippen LogP contribution in [-0.4, -0.2) is 30.8 Å². The molecule has 0 atom stereocenters. The monoisotopic (exact) mass is 156 g/mol. The van der Waals surface area contributed by atoms with E-state index in [1.54, 1.807) is 14.1 Å². The normalized spacial score (nSPS) is 8.64. The maximum atomic E-state index is 10.9. The van der Waals surface area contributed by atoms with Crippen molar-refractivity contribution in [1.29, 1.82) is 0 Å². The van der Waals surface area contributed by atoms with Crippen molar-refractivity contribution in [3.63, 3.8) is 0 Å². The Hall–Kier alpha value is -1.32. The van der Waals surface area contributed by atoms with E-state index in [9.17, 15) is 9.59 Å². The van der Waals surface area contributed by atoms with Crippen LogP contribution in [0.4, 0.5) is 4.79 Å². The molecule has 4 heteroatoms. The molecule has 0 unspecified atom stereocenters. The molecule has 0 aromatic carbocycles. The summed E-state index contributed by atoms with van der Waals surface area (Å²) in [5, 5.41) is 2.32. The number of rotatable bonds is 2. The average molecular weight is 156 g/mol. The van der Waals surface area contributed by atoms with E-state index < -0.39 is 0 Å². The molecule has 2 amide bonds. The van der Waals surface area contributed by atoms with Crippen molar-refractivity contribution in [2.45, 2.75) is 6.92 Å². The van der Waals surface area contributed by atoms with E-state index in [-0.39, 0.29) is 17.5 Å². The molecule has 0 spiro atoms. The maximum absolute atomic E-state index is 10.9. The van der Waals surface area contributed by atoms with Gasteiger partial charge in [0.25, 0.3) is 0 Å². The highest BCUT2D eigenvalue weighted by molar-refractivity contribution is 5.96. The highest BCUT2D eigenvalue weighted by atomic mass is 16.2. The van der Waals surface area contributed by atoms with Crippen molar-refractivity contribution < 1.29 is 9.59 Å². The van der Waals surface area contributed by atoms with Crippen LogP contribution in [0.2, 0.25) is 0 Å². The van der Waals surface area contributed by atoms with Gasteiger partial charge in [-0.2, -0.15) is 0 Å². The van der Waals surface area contributed by atoms with Gasteiger partial charge in [0.1, 0.15) is 0 Å². The minimum atomic E-state index is -0.342. The first-order valence-electron chi connectivity index (χ1n) is 3.13. The second kappa shape index (κ2) is 3.75. The molecule has 0 rings (SSSR count). The second-order valence-electron chi connectivity index (χ2n) is 2.36. The van der Waals surface area contributed by atoms with Crippen LogP contribution in [0.1, 0.15) is 6.92 Å². The third kappa shape index (κ3) is 3.40. The number of nitrogens with zero attached hydrogens (tertiary/aromatic N) is 1. The molecule has 4 nitrogen and oxygen atoms in total. The maximum Gasteiger partial charge on any atom is 0.321 e. The van der Waals surface area contributed by atoms with Gasteiger partial charge in [0, 0.05) is 21.0 Å². The molecule has 11 heavy (non-hydrogen) atoms. The van der Waals surface area contributed by atoms with Crippen LogP contribution in [-0.2, 0) is 4.79 Å². The van der Waals surface area contributed by atoms with Crippen LogP contribution in [0.15, 0.2) is 12.3 Å². The molecule has 0 heterocycles. The third-order valence-corrected chi connectivity index (χ3v) is 1.09. The zero-order valence-electron chi connectivity index (χ0n) is 6.97. The van der Waals surface area contributed by atoms with Gasteiger partial charge in [0.15, 0.2) is 5.78 Å². The molecule has 0 aromatic rings. The largest absolute Gasteiger partial charge is 0.331 e. The first-order chi connectivity index (χ1) is 4.95. The van der Waals surface area contributed by atoms with Crippen LogP contribution >= 0.6 is 0 Å². The molecule has 0 saturated heterocycles. The lowest BCUT2D eigenvalue weighted by Gasteiger charge is -2.11. The van der Waals surface area contributed by atoms with Gasteiger partial charge in [-0.1, -0.05) is 6.58 Å². The van der Waals surface area contributed by atoms with Crippen LogP contribution in [0, 0.1) is 0 Å². The fourth-order valence-electron chi connectivity index (χ4n) is 0.329. The first kappa shape index (κ1) is 9.68. The van der Waals surface area contributed by atoms with Crippen LogP contribution in [0.25, 0.3) is 0 Å². The van der Waals surface area contributed by atoms with Crippen LogP contribution in [0.5, 0.6) is 0 Å². The van der Waals surface area contributed by atoms with Gasteiger partial charge >= 0.3 is 6.03 Å². The van der Waals surface area contributed by atoms with E-state index in [1.807, 2.05) is 0 Å². The van der Waals surface area contributed by atoms with Crippen molar-refractivity contribution in [3.8, 4) is 0 Å². The van der Waals surface area contributed by atoms with Crippen molar-refractivity contribution in [1.82, 2.24) is 10.2 Å². The summed E-state index contributed by atoms with van der Waals surface area (Å²) in [5.74, 6) is -0.236. The Kier molecular flexibility index (Phi) is 3.30. The van der Waals surface area contributed by atoms with Gasteiger partial charge in [-0.25, -0.2) is 4.79 Å². The highest BCUT2D eigenvalue weighted by Crippen LogP contribution is 1.87. The number of Topliss-reactive ketones (excluding diaryl/α,β-unsaturated/α-hetero) is 1. The topological polar surface area (TPSA) is 49.4 Å². The number of allylic oxidation sites excluding steroid dienone is 1. The third-order valence-electron chi connectivity index (χ3n) is 1.09. The van der Waals surface area contributed by atoms with Crippen molar-refractivity contribution in [2.75, 3.05) is 14.1 Å². The summed E-state index contributed by atoms with van der Waals surface area (Å²) < 4.78 is 0. The minimum absolute atomic E-state index is 0.115. The summed E-state index contributed by atoms with van der Waals surface area (Å²) in [5.41, 5.74) is 0.115. The van der Waals surface area contributed by atoms with E-state index in [4.69, 9.17) is 0 Å². The van der Waals surface area contributed by atoms with Gasteiger partial charge in [-0.05, 0) is 0 Å². The molecule has 0 aliphatic carbocycles. The second-order valence-corrected chi connectivity index (χ2v) is 2.36. The lowest BCUT2D eigenvalue weighted by molar-refractivity contribution is -0.113. The number of amides is 2. The van der Waals surface area contributed by atoms with Crippen LogP contribution < -0.4 is 5.32 Å². The van der Waals surface area contributed by atoms with Crippen molar-refractivity contribution in [3.05, 3.63) is 12.3 Å². The predicted octanol–water partition coefficient (Wildman–Crippen LogP) is 0.360. The number of carbonyl (C=O) groups is 2. The Morgan fingerprint density at radius 1 is 1.36 bits per heavy atom. The molecular weight excluding hydrogens is 144 g/mol. The molecule has 0 aliphatic heterocycles. The first-order valence-corrected chi connectivity index (χ1v) is 3.13. The Morgan fingerprint density at radius 2 is 1.82 bits per heavy atom. The molecule has 0 radical (unpaired) electrons. The van der Waals surface area contributed by atoms with E-state index in [0.29, 0.717) is 0 Å². The molecule has 0 saturated carbocycles.